The van der Waals surface area contributed by atoms with Crippen LogP contribution in [0.2, 0.25) is 25.7 Å². The third kappa shape index (κ3) is 9.91. The van der Waals surface area contributed by atoms with Gasteiger partial charge in [0.15, 0.2) is 17.4 Å². The van der Waals surface area contributed by atoms with Crippen LogP contribution in [0.3, 0.4) is 0 Å². The zero-order valence-corrected chi connectivity index (χ0v) is 34.5. The first kappa shape index (κ1) is 40.9. The Labute approximate surface area is 327 Å². The second-order valence-electron chi connectivity index (χ2n) is 17.4. The van der Waals surface area contributed by atoms with Gasteiger partial charge < -0.3 is 47.4 Å². The topological polar surface area (TPSA) is 109 Å². The molecule has 5 fully saturated rings. The van der Waals surface area contributed by atoms with E-state index in [2.05, 4.69) is 38.7 Å². The van der Waals surface area contributed by atoms with Crippen molar-refractivity contribution in [3.63, 3.8) is 0 Å². The number of ketones is 1. The predicted molar refractivity (Wildman–Crippen MR) is 207 cm³/mol. The fourth-order valence-electron chi connectivity index (χ4n) is 8.78. The fraction of sp³-hybridized carbons (Fsp3) is 0.698. The molecule has 5 heterocycles. The molecule has 5 aliphatic rings. The van der Waals surface area contributed by atoms with Crippen LogP contribution < -0.4 is 4.74 Å². The molecule has 7 rings (SSSR count). The van der Waals surface area contributed by atoms with Crippen LogP contribution in [0.4, 0.5) is 0 Å². The molecule has 2 spiro atoms. The number of carbonyl (C=O) groups is 1. The van der Waals surface area contributed by atoms with Gasteiger partial charge in [-0.2, -0.15) is 0 Å². The quantitative estimate of drug-likeness (QED) is 0.0902. The number of hydrogen-bond acceptors (Lipinski definition) is 11. The summed E-state index contributed by atoms with van der Waals surface area (Å²) in [4.78, 5) is 13.5. The van der Waals surface area contributed by atoms with Gasteiger partial charge in [0, 0.05) is 53.4 Å². The molecular weight excluding hydrogens is 721 g/mol. The van der Waals surface area contributed by atoms with Crippen LogP contribution in [-0.4, -0.2) is 95.5 Å². The van der Waals surface area contributed by atoms with Gasteiger partial charge in [-0.05, 0) is 60.9 Å². The monoisotopic (exact) mass is 782 g/mol. The SMILES string of the molecule is COc1ccc(COCC[C@@H]2CC[C@@]3(O2)O[C@]2(CCC[C@H]([C@]45C[C@@H](C)[C@@H](OCOCC[Si](C)(C)C)[C@H](O4)[C@H](COCc4ccccc4)O5)O2)CCC3=O)cc1. The van der Waals surface area contributed by atoms with Crippen molar-refractivity contribution in [1.29, 1.82) is 0 Å². The standard InChI is InChI=1S/C43H62O11Si/c1-31-26-43(51-36(29-48-28-32-10-7-6-8-11-32)40(53-43)39(31)49-30-47-24-25-55(3,4)5)38-12-9-20-41(52-38)21-18-37(44)42(54-41)22-17-35(50-42)19-23-46-27-33-13-15-34(45-2)16-14-33/h6-8,10-11,13-16,31,35-36,38-40H,9,12,17-30H2,1-5H3/t31-,35+,36+,38-,39-,40-,41-,42-,43+/m1/s1. The lowest BCUT2D eigenvalue weighted by molar-refractivity contribution is -0.403. The fourth-order valence-corrected chi connectivity index (χ4v) is 9.53. The maximum atomic E-state index is 13.5. The lowest BCUT2D eigenvalue weighted by atomic mass is 9.83. The van der Waals surface area contributed by atoms with Gasteiger partial charge in [0.05, 0.1) is 39.1 Å². The van der Waals surface area contributed by atoms with Gasteiger partial charge in [0.25, 0.3) is 0 Å². The van der Waals surface area contributed by atoms with Crippen molar-refractivity contribution in [2.45, 2.75) is 151 Å². The summed E-state index contributed by atoms with van der Waals surface area (Å²) in [6, 6.07) is 19.1. The summed E-state index contributed by atoms with van der Waals surface area (Å²) in [7, 11) is 0.443. The normalized spacial score (nSPS) is 34.8. The Morgan fingerprint density at radius 1 is 0.836 bits per heavy atom. The largest absolute Gasteiger partial charge is 0.497 e. The van der Waals surface area contributed by atoms with E-state index in [1.165, 1.54) is 0 Å². The van der Waals surface area contributed by atoms with E-state index in [0.717, 1.165) is 42.2 Å². The molecule has 304 valence electrons. The first-order valence-electron chi connectivity index (χ1n) is 20.5. The molecule has 5 aliphatic heterocycles. The van der Waals surface area contributed by atoms with E-state index >= 15 is 0 Å². The van der Waals surface area contributed by atoms with Crippen LogP contribution in [0.15, 0.2) is 54.6 Å². The lowest BCUT2D eigenvalue weighted by Crippen LogP contribution is -2.62. The van der Waals surface area contributed by atoms with E-state index in [9.17, 15) is 4.79 Å². The molecule has 0 aromatic heterocycles. The van der Waals surface area contributed by atoms with Gasteiger partial charge in [-0.25, -0.2) is 0 Å². The van der Waals surface area contributed by atoms with Crippen molar-refractivity contribution in [2.75, 3.05) is 33.7 Å². The number of rotatable bonds is 17. The third-order valence-corrected chi connectivity index (χ3v) is 13.5. The highest BCUT2D eigenvalue weighted by atomic mass is 28.3. The number of carbonyl (C=O) groups excluding carboxylic acids is 1. The van der Waals surface area contributed by atoms with Crippen molar-refractivity contribution >= 4 is 13.9 Å². The summed E-state index contributed by atoms with van der Waals surface area (Å²) < 4.78 is 64.1. The maximum Gasteiger partial charge on any atom is 0.231 e. The van der Waals surface area contributed by atoms with E-state index in [1.807, 2.05) is 42.5 Å². The van der Waals surface area contributed by atoms with Crippen molar-refractivity contribution in [1.82, 2.24) is 0 Å². The summed E-state index contributed by atoms with van der Waals surface area (Å²) in [6.07, 6.45) is 4.13. The molecule has 55 heavy (non-hydrogen) atoms. The van der Waals surface area contributed by atoms with E-state index in [1.54, 1.807) is 7.11 Å². The molecule has 9 atom stereocenters. The number of Topliss-reactive ketones (excluding diaryl/α,β-unsaturated/α-hetero) is 1. The molecule has 2 aromatic carbocycles. The second-order valence-corrected chi connectivity index (χ2v) is 23.0. The van der Waals surface area contributed by atoms with E-state index in [-0.39, 0.29) is 42.9 Å². The highest BCUT2D eigenvalue weighted by Crippen LogP contribution is 2.53. The molecule has 5 saturated heterocycles. The Balaban J connectivity index is 0.980. The van der Waals surface area contributed by atoms with Crippen molar-refractivity contribution in [3.05, 3.63) is 65.7 Å². The van der Waals surface area contributed by atoms with Crippen LogP contribution in [0.1, 0.15) is 75.8 Å². The van der Waals surface area contributed by atoms with Crippen molar-refractivity contribution < 1.29 is 52.2 Å². The number of ether oxygens (including phenoxy) is 10. The summed E-state index contributed by atoms with van der Waals surface area (Å²) in [5.41, 5.74) is 2.18. The first-order valence-corrected chi connectivity index (χ1v) is 24.2. The molecule has 0 radical (unpaired) electrons. The second kappa shape index (κ2) is 17.7. The number of fused-ring (bicyclic) bond motifs is 2. The van der Waals surface area contributed by atoms with Gasteiger partial charge in [0.2, 0.25) is 5.79 Å². The van der Waals surface area contributed by atoms with Gasteiger partial charge in [-0.15, -0.1) is 0 Å². The minimum Gasteiger partial charge on any atom is -0.497 e. The van der Waals surface area contributed by atoms with E-state index in [4.69, 9.17) is 47.4 Å². The number of benzene rings is 2. The van der Waals surface area contributed by atoms with Gasteiger partial charge in [-0.3, -0.25) is 4.79 Å². The molecule has 11 nitrogen and oxygen atoms in total. The summed E-state index contributed by atoms with van der Waals surface area (Å²) >= 11 is 0. The minimum absolute atomic E-state index is 0.00827. The summed E-state index contributed by atoms with van der Waals surface area (Å²) in [5, 5.41) is 0. The Morgan fingerprint density at radius 2 is 1.62 bits per heavy atom. The zero-order valence-electron chi connectivity index (χ0n) is 33.5. The van der Waals surface area contributed by atoms with Crippen LogP contribution >= 0.6 is 0 Å². The molecule has 12 heteroatoms. The van der Waals surface area contributed by atoms with Crippen LogP contribution in [0.5, 0.6) is 5.75 Å². The van der Waals surface area contributed by atoms with Crippen LogP contribution in [0, 0.1) is 5.92 Å². The molecule has 0 amide bonds. The molecule has 2 aromatic rings. The summed E-state index contributed by atoms with van der Waals surface area (Å²) in [6.45, 7) is 12.0. The Kier molecular flexibility index (Phi) is 13.2. The predicted octanol–water partition coefficient (Wildman–Crippen LogP) is 7.56. The highest BCUT2D eigenvalue weighted by Gasteiger charge is 2.64. The first-order chi connectivity index (χ1) is 26.5. The molecule has 0 unspecified atom stereocenters. The van der Waals surface area contributed by atoms with E-state index < -0.39 is 31.5 Å². The average molecular weight is 783 g/mol. The highest BCUT2D eigenvalue weighted by molar-refractivity contribution is 6.76. The van der Waals surface area contributed by atoms with Crippen molar-refractivity contribution in [2.24, 2.45) is 5.92 Å². The molecule has 0 N–H and O–H groups in total. The van der Waals surface area contributed by atoms with Crippen LogP contribution in [-0.2, 0) is 60.6 Å². The zero-order chi connectivity index (χ0) is 38.5. The molecule has 2 bridgehead atoms. The van der Waals surface area contributed by atoms with Gasteiger partial charge in [-0.1, -0.05) is 69.0 Å². The third-order valence-electron chi connectivity index (χ3n) is 11.8. The average Bonchev–Trinajstić information content (AvgIpc) is 3.72. The molecule has 0 saturated carbocycles. The van der Waals surface area contributed by atoms with Crippen molar-refractivity contribution in [3.8, 4) is 5.75 Å². The Morgan fingerprint density at radius 3 is 2.40 bits per heavy atom. The lowest BCUT2D eigenvalue weighted by Gasteiger charge is -2.52. The van der Waals surface area contributed by atoms with Crippen LogP contribution in [0.25, 0.3) is 0 Å². The smallest absolute Gasteiger partial charge is 0.231 e. The maximum absolute atomic E-state index is 13.5. The minimum atomic E-state index is -1.31. The number of hydrogen-bond donors (Lipinski definition) is 0. The van der Waals surface area contributed by atoms with Gasteiger partial charge >= 0.3 is 0 Å². The number of methoxy groups -OCH3 is 1. The van der Waals surface area contributed by atoms with Gasteiger partial charge in [0.1, 0.15) is 30.9 Å². The Hall–Kier alpha value is -2.23. The van der Waals surface area contributed by atoms with E-state index in [0.29, 0.717) is 71.6 Å². The Bertz CT molecular complexity index is 1540. The molecule has 0 aliphatic carbocycles. The summed E-state index contributed by atoms with van der Waals surface area (Å²) in [5.74, 6) is -2.33. The molecular formula is C43H62O11Si.